The van der Waals surface area contributed by atoms with Crippen LogP contribution in [0, 0.1) is 0 Å². The predicted molar refractivity (Wildman–Crippen MR) is 92.3 cm³/mol. The zero-order valence-corrected chi connectivity index (χ0v) is 14.0. The zero-order chi connectivity index (χ0) is 15.5. The number of halogens is 1. The van der Waals surface area contributed by atoms with Gasteiger partial charge in [-0.2, -0.15) is 0 Å². The van der Waals surface area contributed by atoms with E-state index in [0.29, 0.717) is 0 Å². The third-order valence-corrected chi connectivity index (χ3v) is 3.92. The fourth-order valence-corrected chi connectivity index (χ4v) is 2.63. The average Bonchev–Trinajstić information content (AvgIpc) is 2.55. The number of methoxy groups -OCH3 is 1. The van der Waals surface area contributed by atoms with E-state index in [-0.39, 0.29) is 0 Å². The van der Waals surface area contributed by atoms with E-state index in [1.54, 1.807) is 13.3 Å². The first-order valence-electron chi connectivity index (χ1n) is 6.91. The summed E-state index contributed by atoms with van der Waals surface area (Å²) in [7, 11) is 3.70. The summed E-state index contributed by atoms with van der Waals surface area (Å²) in [5.74, 6) is 1.77. The van der Waals surface area contributed by atoms with Crippen molar-refractivity contribution in [2.45, 2.75) is 6.54 Å². The Morgan fingerprint density at radius 2 is 1.86 bits per heavy atom. The molecule has 22 heavy (non-hydrogen) atoms. The quantitative estimate of drug-likeness (QED) is 0.706. The van der Waals surface area contributed by atoms with E-state index < -0.39 is 0 Å². The summed E-state index contributed by atoms with van der Waals surface area (Å²) in [6.45, 7) is 0.777. The van der Waals surface area contributed by atoms with Crippen molar-refractivity contribution >= 4 is 32.7 Å². The topological polar surface area (TPSA) is 38.2 Å². The fraction of sp³-hybridized carbons (Fsp3) is 0.176. The molecule has 0 atom stereocenters. The van der Waals surface area contributed by atoms with Crippen molar-refractivity contribution in [3.8, 4) is 5.75 Å². The van der Waals surface area contributed by atoms with Crippen LogP contribution in [0.25, 0.3) is 10.9 Å². The number of pyridine rings is 2. The SMILES string of the molecule is COc1ccc(CN(C)c2cc3ncc(Br)cc3cn2)cc1. The Balaban J connectivity index is 1.81. The normalized spacial score (nSPS) is 10.7. The molecule has 0 aliphatic carbocycles. The molecule has 0 N–H and O–H groups in total. The second kappa shape index (κ2) is 6.32. The van der Waals surface area contributed by atoms with Crippen molar-refractivity contribution in [3.05, 3.63) is 58.8 Å². The molecule has 5 heteroatoms. The highest BCUT2D eigenvalue weighted by atomic mass is 79.9. The molecule has 4 nitrogen and oxygen atoms in total. The average molecular weight is 358 g/mol. The standard InChI is InChI=1S/C17H16BrN3O/c1-21(11-12-3-5-15(22-2)6-4-12)17-8-16-13(9-20-17)7-14(18)10-19-16/h3-10H,11H2,1-2H3. The van der Waals surface area contributed by atoms with Gasteiger partial charge in [0.25, 0.3) is 0 Å². The minimum atomic E-state index is 0.777. The molecule has 0 spiro atoms. The van der Waals surface area contributed by atoms with Crippen LogP contribution in [0.3, 0.4) is 0 Å². The summed E-state index contributed by atoms with van der Waals surface area (Å²) < 4.78 is 6.14. The molecule has 0 saturated heterocycles. The largest absolute Gasteiger partial charge is 0.497 e. The van der Waals surface area contributed by atoms with Gasteiger partial charge in [0.2, 0.25) is 0 Å². The first kappa shape index (κ1) is 14.8. The lowest BCUT2D eigenvalue weighted by molar-refractivity contribution is 0.414. The predicted octanol–water partition coefficient (Wildman–Crippen LogP) is 4.04. The van der Waals surface area contributed by atoms with Crippen LogP contribution in [-0.4, -0.2) is 24.1 Å². The molecule has 0 radical (unpaired) electrons. The van der Waals surface area contributed by atoms with Crippen LogP contribution >= 0.6 is 15.9 Å². The summed E-state index contributed by atoms with van der Waals surface area (Å²) in [5, 5.41) is 1.02. The lowest BCUT2D eigenvalue weighted by Gasteiger charge is -2.18. The Morgan fingerprint density at radius 3 is 2.59 bits per heavy atom. The van der Waals surface area contributed by atoms with Crippen LogP contribution in [0.2, 0.25) is 0 Å². The summed E-state index contributed by atoms with van der Waals surface area (Å²) in [5.41, 5.74) is 2.14. The fourth-order valence-electron chi connectivity index (χ4n) is 2.28. The number of aromatic nitrogens is 2. The van der Waals surface area contributed by atoms with Gasteiger partial charge >= 0.3 is 0 Å². The van der Waals surface area contributed by atoms with Crippen molar-refractivity contribution in [3.63, 3.8) is 0 Å². The van der Waals surface area contributed by atoms with Crippen LogP contribution in [0.1, 0.15) is 5.56 Å². The third-order valence-electron chi connectivity index (χ3n) is 3.49. The van der Waals surface area contributed by atoms with Crippen molar-refractivity contribution in [2.75, 3.05) is 19.1 Å². The number of nitrogens with zero attached hydrogens (tertiary/aromatic N) is 3. The summed E-state index contributed by atoms with van der Waals surface area (Å²) in [4.78, 5) is 11.0. The minimum Gasteiger partial charge on any atom is -0.497 e. The van der Waals surface area contributed by atoms with Crippen molar-refractivity contribution in [1.29, 1.82) is 0 Å². The molecule has 2 heterocycles. The Bertz CT molecular complexity index is 790. The summed E-state index contributed by atoms with van der Waals surface area (Å²) in [6.07, 6.45) is 3.66. The van der Waals surface area contributed by atoms with Crippen LogP contribution in [0.5, 0.6) is 5.75 Å². The van der Waals surface area contributed by atoms with E-state index in [1.165, 1.54) is 5.56 Å². The first-order chi connectivity index (χ1) is 10.7. The zero-order valence-electron chi connectivity index (χ0n) is 12.5. The molecule has 0 unspecified atom stereocenters. The van der Waals surface area contributed by atoms with Crippen LogP contribution in [-0.2, 0) is 6.54 Å². The Labute approximate surface area is 137 Å². The second-order valence-electron chi connectivity index (χ2n) is 5.09. The smallest absolute Gasteiger partial charge is 0.130 e. The maximum atomic E-state index is 5.18. The van der Waals surface area contributed by atoms with E-state index in [9.17, 15) is 0 Å². The van der Waals surface area contributed by atoms with E-state index in [4.69, 9.17) is 4.74 Å². The lowest BCUT2D eigenvalue weighted by Crippen LogP contribution is -2.17. The van der Waals surface area contributed by atoms with E-state index in [1.807, 2.05) is 37.5 Å². The van der Waals surface area contributed by atoms with Gasteiger partial charge in [-0.1, -0.05) is 12.1 Å². The number of hydrogen-bond acceptors (Lipinski definition) is 4. The van der Waals surface area contributed by atoms with Gasteiger partial charge in [0.1, 0.15) is 11.6 Å². The molecule has 3 rings (SSSR count). The van der Waals surface area contributed by atoms with Crippen molar-refractivity contribution < 1.29 is 4.74 Å². The number of ether oxygens (including phenoxy) is 1. The number of benzene rings is 1. The maximum absolute atomic E-state index is 5.18. The molecule has 0 amide bonds. The second-order valence-corrected chi connectivity index (χ2v) is 6.01. The molecule has 0 fully saturated rings. The Kier molecular flexibility index (Phi) is 4.24. The van der Waals surface area contributed by atoms with Gasteiger partial charge in [-0.05, 0) is 39.7 Å². The van der Waals surface area contributed by atoms with Gasteiger partial charge in [0.15, 0.2) is 0 Å². The highest BCUT2D eigenvalue weighted by Crippen LogP contribution is 2.21. The van der Waals surface area contributed by atoms with Crippen molar-refractivity contribution in [1.82, 2.24) is 9.97 Å². The number of anilines is 1. The Morgan fingerprint density at radius 1 is 1.09 bits per heavy atom. The van der Waals surface area contributed by atoms with E-state index >= 15 is 0 Å². The molecular formula is C17H16BrN3O. The monoisotopic (exact) mass is 357 g/mol. The molecular weight excluding hydrogens is 342 g/mol. The van der Waals surface area contributed by atoms with Gasteiger partial charge in [-0.15, -0.1) is 0 Å². The van der Waals surface area contributed by atoms with Gasteiger partial charge in [-0.3, -0.25) is 4.98 Å². The summed E-state index contributed by atoms with van der Waals surface area (Å²) in [6, 6.07) is 12.1. The molecule has 3 aromatic rings. The number of rotatable bonds is 4. The van der Waals surface area contributed by atoms with Crippen LogP contribution in [0.15, 0.2) is 53.3 Å². The molecule has 0 bridgehead atoms. The first-order valence-corrected chi connectivity index (χ1v) is 7.70. The maximum Gasteiger partial charge on any atom is 0.130 e. The molecule has 2 aromatic heterocycles. The van der Waals surface area contributed by atoms with Crippen LogP contribution < -0.4 is 9.64 Å². The van der Waals surface area contributed by atoms with Gasteiger partial charge < -0.3 is 9.64 Å². The Hall–Kier alpha value is -2.14. The molecule has 1 aromatic carbocycles. The molecule has 0 saturated carbocycles. The summed E-state index contributed by atoms with van der Waals surface area (Å²) >= 11 is 3.42. The molecule has 0 aliphatic heterocycles. The van der Waals surface area contributed by atoms with Gasteiger partial charge in [-0.25, -0.2) is 4.98 Å². The lowest BCUT2D eigenvalue weighted by atomic mass is 10.2. The number of fused-ring (bicyclic) bond motifs is 1. The minimum absolute atomic E-state index is 0.777. The van der Waals surface area contributed by atoms with Gasteiger partial charge in [0, 0.05) is 41.9 Å². The van der Waals surface area contributed by atoms with Gasteiger partial charge in [0.05, 0.1) is 12.6 Å². The van der Waals surface area contributed by atoms with E-state index in [2.05, 4.69) is 42.9 Å². The van der Waals surface area contributed by atoms with Crippen molar-refractivity contribution in [2.24, 2.45) is 0 Å². The highest BCUT2D eigenvalue weighted by molar-refractivity contribution is 9.10. The van der Waals surface area contributed by atoms with E-state index in [0.717, 1.165) is 33.5 Å². The third kappa shape index (κ3) is 3.20. The molecule has 112 valence electrons. The molecule has 0 aliphatic rings. The number of hydrogen-bond donors (Lipinski definition) is 0. The van der Waals surface area contributed by atoms with Crippen LogP contribution in [0.4, 0.5) is 5.82 Å². The highest BCUT2D eigenvalue weighted by Gasteiger charge is 2.06.